The molecule has 2 heteroatoms. The third kappa shape index (κ3) is 3.12. The molecule has 1 aliphatic heterocycles. The third-order valence-electron chi connectivity index (χ3n) is 4.12. The van der Waals surface area contributed by atoms with E-state index in [0.717, 1.165) is 25.9 Å². The van der Waals surface area contributed by atoms with Crippen molar-refractivity contribution in [1.29, 1.82) is 0 Å². The smallest absolute Gasteiger partial charge is 0.0502 e. The van der Waals surface area contributed by atoms with Gasteiger partial charge in [0.05, 0.1) is 6.61 Å². The summed E-state index contributed by atoms with van der Waals surface area (Å²) in [5, 5.41) is 13.1. The SMILES string of the molecule is CC(C)c1ccc(CC2(CO)CCCNC2)cc1. The number of piperidine rings is 1. The molecule has 100 valence electrons. The molecule has 1 aromatic carbocycles. The Morgan fingerprint density at radius 2 is 2.00 bits per heavy atom. The third-order valence-corrected chi connectivity index (χ3v) is 4.12. The first-order chi connectivity index (χ1) is 8.65. The van der Waals surface area contributed by atoms with Crippen LogP contribution in [0.15, 0.2) is 24.3 Å². The number of aliphatic hydroxyl groups is 1. The maximum absolute atomic E-state index is 9.71. The summed E-state index contributed by atoms with van der Waals surface area (Å²) in [7, 11) is 0. The van der Waals surface area contributed by atoms with Gasteiger partial charge in [-0.3, -0.25) is 0 Å². The second-order valence-electron chi connectivity index (χ2n) is 6.01. The van der Waals surface area contributed by atoms with Crippen molar-refractivity contribution in [3.63, 3.8) is 0 Å². The van der Waals surface area contributed by atoms with Crippen molar-refractivity contribution >= 4 is 0 Å². The van der Waals surface area contributed by atoms with Crippen LogP contribution < -0.4 is 5.32 Å². The van der Waals surface area contributed by atoms with Crippen molar-refractivity contribution in [2.75, 3.05) is 19.7 Å². The van der Waals surface area contributed by atoms with Crippen LogP contribution in [0, 0.1) is 5.41 Å². The predicted octanol–water partition coefficient (Wildman–Crippen LogP) is 2.71. The zero-order chi connectivity index (χ0) is 13.0. The van der Waals surface area contributed by atoms with E-state index in [9.17, 15) is 5.11 Å². The van der Waals surface area contributed by atoms with Crippen molar-refractivity contribution in [2.45, 2.75) is 39.0 Å². The molecule has 2 rings (SSSR count). The first-order valence-corrected chi connectivity index (χ1v) is 7.06. The Balaban J connectivity index is 2.07. The van der Waals surface area contributed by atoms with E-state index in [1.807, 2.05) is 0 Å². The van der Waals surface area contributed by atoms with E-state index >= 15 is 0 Å². The summed E-state index contributed by atoms with van der Waals surface area (Å²) >= 11 is 0. The quantitative estimate of drug-likeness (QED) is 0.857. The Hall–Kier alpha value is -0.860. The molecule has 0 aliphatic carbocycles. The topological polar surface area (TPSA) is 32.3 Å². The Morgan fingerprint density at radius 3 is 2.50 bits per heavy atom. The minimum Gasteiger partial charge on any atom is -0.396 e. The molecule has 1 unspecified atom stereocenters. The highest BCUT2D eigenvalue weighted by Gasteiger charge is 2.31. The fourth-order valence-electron chi connectivity index (χ4n) is 2.83. The molecule has 1 aliphatic rings. The minimum atomic E-state index is 0.0532. The molecule has 2 N–H and O–H groups in total. The van der Waals surface area contributed by atoms with Crippen LogP contribution in [0.2, 0.25) is 0 Å². The first-order valence-electron chi connectivity index (χ1n) is 7.06. The summed E-state index contributed by atoms with van der Waals surface area (Å²) in [4.78, 5) is 0. The summed E-state index contributed by atoms with van der Waals surface area (Å²) < 4.78 is 0. The van der Waals surface area contributed by atoms with Crippen LogP contribution in [0.5, 0.6) is 0 Å². The lowest BCUT2D eigenvalue weighted by Gasteiger charge is -2.36. The van der Waals surface area contributed by atoms with E-state index in [0.29, 0.717) is 5.92 Å². The summed E-state index contributed by atoms with van der Waals surface area (Å²) in [6.45, 7) is 6.75. The van der Waals surface area contributed by atoms with Crippen LogP contribution in [0.3, 0.4) is 0 Å². The summed E-state index contributed by atoms with van der Waals surface area (Å²) in [6, 6.07) is 8.89. The second kappa shape index (κ2) is 5.85. The molecule has 1 fully saturated rings. The highest BCUT2D eigenvalue weighted by molar-refractivity contribution is 5.25. The van der Waals surface area contributed by atoms with Crippen LogP contribution in [-0.4, -0.2) is 24.8 Å². The van der Waals surface area contributed by atoms with Crippen LogP contribution in [-0.2, 0) is 6.42 Å². The molecule has 1 aromatic rings. The molecule has 18 heavy (non-hydrogen) atoms. The molecule has 0 bridgehead atoms. The zero-order valence-corrected chi connectivity index (χ0v) is 11.6. The molecule has 0 aromatic heterocycles. The summed E-state index contributed by atoms with van der Waals surface area (Å²) in [6.07, 6.45) is 3.28. The molecule has 0 amide bonds. The molecule has 0 radical (unpaired) electrons. The van der Waals surface area contributed by atoms with E-state index in [2.05, 4.69) is 43.4 Å². The Kier molecular flexibility index (Phi) is 4.41. The van der Waals surface area contributed by atoms with Gasteiger partial charge in [0.1, 0.15) is 0 Å². The van der Waals surface area contributed by atoms with Gasteiger partial charge in [-0.25, -0.2) is 0 Å². The molecule has 1 saturated heterocycles. The average Bonchev–Trinajstić information content (AvgIpc) is 2.40. The number of rotatable bonds is 4. The lowest BCUT2D eigenvalue weighted by molar-refractivity contribution is 0.0948. The van der Waals surface area contributed by atoms with E-state index in [1.165, 1.54) is 17.5 Å². The van der Waals surface area contributed by atoms with E-state index in [4.69, 9.17) is 0 Å². The van der Waals surface area contributed by atoms with E-state index in [1.54, 1.807) is 0 Å². The van der Waals surface area contributed by atoms with Crippen molar-refractivity contribution in [3.05, 3.63) is 35.4 Å². The fraction of sp³-hybridized carbons (Fsp3) is 0.625. The van der Waals surface area contributed by atoms with Crippen LogP contribution >= 0.6 is 0 Å². The van der Waals surface area contributed by atoms with Gasteiger partial charge in [-0.15, -0.1) is 0 Å². The van der Waals surface area contributed by atoms with Gasteiger partial charge in [0.25, 0.3) is 0 Å². The highest BCUT2D eigenvalue weighted by atomic mass is 16.3. The number of aliphatic hydroxyl groups excluding tert-OH is 1. The largest absolute Gasteiger partial charge is 0.396 e. The number of benzene rings is 1. The zero-order valence-electron chi connectivity index (χ0n) is 11.6. The highest BCUT2D eigenvalue weighted by Crippen LogP contribution is 2.30. The molecule has 1 atom stereocenters. The van der Waals surface area contributed by atoms with Gasteiger partial charge < -0.3 is 10.4 Å². The molecule has 1 heterocycles. The normalized spacial score (nSPS) is 24.4. The van der Waals surface area contributed by atoms with Gasteiger partial charge in [0, 0.05) is 12.0 Å². The Morgan fingerprint density at radius 1 is 1.28 bits per heavy atom. The van der Waals surface area contributed by atoms with Crippen LogP contribution in [0.1, 0.15) is 43.7 Å². The first kappa shape index (κ1) is 13.6. The predicted molar refractivity (Wildman–Crippen MR) is 75.9 cm³/mol. The van der Waals surface area contributed by atoms with Crippen molar-refractivity contribution in [2.24, 2.45) is 5.41 Å². The van der Waals surface area contributed by atoms with Gasteiger partial charge in [0.2, 0.25) is 0 Å². The summed E-state index contributed by atoms with van der Waals surface area (Å²) in [5.41, 5.74) is 2.79. The average molecular weight is 247 g/mol. The van der Waals surface area contributed by atoms with Crippen LogP contribution in [0.4, 0.5) is 0 Å². The molecular weight excluding hydrogens is 222 g/mol. The summed E-state index contributed by atoms with van der Waals surface area (Å²) in [5.74, 6) is 0.585. The lowest BCUT2D eigenvalue weighted by Crippen LogP contribution is -2.44. The fourth-order valence-corrected chi connectivity index (χ4v) is 2.83. The van der Waals surface area contributed by atoms with Gasteiger partial charge in [0.15, 0.2) is 0 Å². The van der Waals surface area contributed by atoms with Gasteiger partial charge in [-0.2, -0.15) is 0 Å². The second-order valence-corrected chi connectivity index (χ2v) is 6.01. The standard InChI is InChI=1S/C16H25NO/c1-13(2)15-6-4-14(5-7-15)10-16(12-18)8-3-9-17-11-16/h4-7,13,17-18H,3,8-12H2,1-2H3. The number of nitrogens with one attached hydrogen (secondary N) is 1. The monoisotopic (exact) mass is 247 g/mol. The van der Waals surface area contributed by atoms with E-state index in [-0.39, 0.29) is 12.0 Å². The molecule has 2 nitrogen and oxygen atoms in total. The maximum atomic E-state index is 9.71. The number of hydrogen-bond donors (Lipinski definition) is 2. The Labute approximate surface area is 110 Å². The van der Waals surface area contributed by atoms with Crippen molar-refractivity contribution < 1.29 is 5.11 Å². The van der Waals surface area contributed by atoms with Crippen molar-refractivity contribution in [1.82, 2.24) is 5.32 Å². The maximum Gasteiger partial charge on any atom is 0.0502 e. The van der Waals surface area contributed by atoms with E-state index < -0.39 is 0 Å². The molecule has 0 saturated carbocycles. The van der Waals surface area contributed by atoms with Crippen LogP contribution in [0.25, 0.3) is 0 Å². The number of hydrogen-bond acceptors (Lipinski definition) is 2. The Bertz CT molecular complexity index is 363. The van der Waals surface area contributed by atoms with Gasteiger partial charge >= 0.3 is 0 Å². The van der Waals surface area contributed by atoms with Gasteiger partial charge in [-0.05, 0) is 42.9 Å². The molecule has 0 spiro atoms. The minimum absolute atomic E-state index is 0.0532. The lowest BCUT2D eigenvalue weighted by atomic mass is 9.76. The van der Waals surface area contributed by atoms with Gasteiger partial charge in [-0.1, -0.05) is 38.1 Å². The van der Waals surface area contributed by atoms with Crippen molar-refractivity contribution in [3.8, 4) is 0 Å². The molecular formula is C16H25NO.